The average Bonchev–Trinajstić information content (AvgIpc) is 1.59. The van der Waals surface area contributed by atoms with E-state index in [1.165, 1.54) is 0 Å². The molecule has 17 rings (SSSR count). The summed E-state index contributed by atoms with van der Waals surface area (Å²) in [5.74, 6) is 3.88. The molecule has 0 fully saturated rings. The summed E-state index contributed by atoms with van der Waals surface area (Å²) in [5.41, 5.74) is 11.1. The number of fused-ring (bicyclic) bond motifs is 20. The van der Waals surface area contributed by atoms with Gasteiger partial charge in [0.05, 0.1) is 129 Å². The Morgan fingerprint density at radius 2 is 0.318 bits per heavy atom. The molecular formula is C104H96CoN8O16. The third kappa shape index (κ3) is 24.7. The Kier molecular flexibility index (Phi) is 32.0. The summed E-state index contributed by atoms with van der Waals surface area (Å²) in [6, 6.07) is 94.7. The summed E-state index contributed by atoms with van der Waals surface area (Å²) >= 11 is 0. The summed E-state index contributed by atoms with van der Waals surface area (Å²) in [6.07, 6.45) is 0. The molecule has 0 saturated heterocycles. The van der Waals surface area contributed by atoms with Crippen LogP contribution in [0.15, 0.2) is 291 Å². The van der Waals surface area contributed by atoms with E-state index in [4.69, 9.17) is 116 Å². The minimum atomic E-state index is 0. The van der Waals surface area contributed by atoms with Crippen LogP contribution in [0.3, 0.4) is 0 Å². The van der Waals surface area contributed by atoms with E-state index < -0.39 is 0 Å². The second-order valence-electron chi connectivity index (χ2n) is 30.0. The molecule has 12 aromatic carbocycles. The molecule has 0 N–H and O–H groups in total. The SMILES string of the molecule is [Co+2].c1ccc(COCCOc2cc3c(cc2OCCOCc2ccccc2)-c2nc-3nc3[n-]c(nc4nc(nc5[n-]c(n2)c2cc(OCCOCc6ccccc6)c(OCCOCc6ccccc6)cc52)-c2cc(OCCOCc5ccccc5)c(OCCOCc5ccccc5)cc2-4)c2cc(OCCOCc4ccccc4)c(OCCOCc4ccccc4)cc32)cc1. The quantitative estimate of drug-likeness (QED) is 0.0321. The second kappa shape index (κ2) is 46.4. The molecule has 5 heterocycles. The summed E-state index contributed by atoms with van der Waals surface area (Å²) in [7, 11) is 0. The predicted molar refractivity (Wildman–Crippen MR) is 487 cm³/mol. The first kappa shape index (κ1) is 89.0. The van der Waals surface area contributed by atoms with Crippen LogP contribution in [0.4, 0.5) is 0 Å². The van der Waals surface area contributed by atoms with Gasteiger partial charge in [-0.3, -0.25) is 0 Å². The van der Waals surface area contributed by atoms with E-state index in [0.717, 1.165) is 44.5 Å². The van der Waals surface area contributed by atoms with Gasteiger partial charge in [-0.15, -0.1) is 0 Å². The van der Waals surface area contributed by atoms with Crippen molar-refractivity contribution in [1.82, 2.24) is 39.9 Å². The fourth-order valence-corrected chi connectivity index (χ4v) is 14.4. The van der Waals surface area contributed by atoms with E-state index in [0.29, 0.717) is 143 Å². The van der Waals surface area contributed by atoms with Crippen molar-refractivity contribution in [2.24, 2.45) is 0 Å². The molecule has 657 valence electrons. The third-order valence-electron chi connectivity index (χ3n) is 20.7. The van der Waals surface area contributed by atoms with Crippen LogP contribution in [0.5, 0.6) is 46.0 Å². The third-order valence-corrected chi connectivity index (χ3v) is 20.7. The zero-order valence-electron chi connectivity index (χ0n) is 71.1. The van der Waals surface area contributed by atoms with Crippen LogP contribution in [0.1, 0.15) is 44.5 Å². The zero-order chi connectivity index (χ0) is 86.4. The maximum absolute atomic E-state index is 6.75. The van der Waals surface area contributed by atoms with Gasteiger partial charge in [0.15, 0.2) is 46.0 Å². The molecule has 24 nitrogen and oxygen atoms in total. The van der Waals surface area contributed by atoms with Gasteiger partial charge in [0.1, 0.15) is 52.9 Å². The average molecular weight is 1770 g/mol. The van der Waals surface area contributed by atoms with Crippen LogP contribution >= 0.6 is 0 Å². The van der Waals surface area contributed by atoms with Gasteiger partial charge >= 0.3 is 16.8 Å². The smallest absolute Gasteiger partial charge is 0.487 e. The molecule has 15 aromatic rings. The Bertz CT molecular complexity index is 5510. The second-order valence-corrected chi connectivity index (χ2v) is 30.0. The molecule has 0 saturated carbocycles. The van der Waals surface area contributed by atoms with E-state index in [-0.39, 0.29) is 168 Å². The minimum Gasteiger partial charge on any atom is -0.487 e. The van der Waals surface area contributed by atoms with Crippen molar-refractivity contribution in [3.8, 4) is 91.5 Å². The summed E-state index contributed by atoms with van der Waals surface area (Å²) < 4.78 is 104. The Morgan fingerprint density at radius 3 is 0.473 bits per heavy atom. The molecule has 0 atom stereocenters. The van der Waals surface area contributed by atoms with Crippen LogP contribution in [0.25, 0.3) is 89.7 Å². The Balaban J connectivity index is 0.0000122. The van der Waals surface area contributed by atoms with Gasteiger partial charge in [-0.25, -0.2) is 9.97 Å². The minimum absolute atomic E-state index is 0. The van der Waals surface area contributed by atoms with Crippen LogP contribution in [-0.2, 0) is 108 Å². The monoisotopic (exact) mass is 1770 g/mol. The normalized spacial score (nSPS) is 11.4. The van der Waals surface area contributed by atoms with Crippen LogP contribution in [-0.4, -0.2) is 136 Å². The molecule has 2 aliphatic heterocycles. The molecule has 0 unspecified atom stereocenters. The van der Waals surface area contributed by atoms with Gasteiger partial charge in [-0.1, -0.05) is 243 Å². The fraction of sp³-hybridized carbons (Fsp3) is 0.231. The molecule has 25 heteroatoms. The standard InChI is InChI=1S/C104H96N8O16.Co/c1-9-25-73(26-10-1)65-113-41-49-121-89-57-81-82(58-90(89)122-50-42-114-66-74-27-11-2-12-28-74)98-105-97(81)109-99-83-59-91(123-51-43-115-67-75-29-13-3-14-30-75)92(124-52-44-116-68-76-31-15-4-16-32-76)60-84(83)101(106-99)111-103-87-63-95(127-55-47-119-71-79-37-21-7-22-38-79)96(128-56-48-120-72-80-39-23-8-24-40-80)64-88(87)104(108-103)112-102-86-62-94(126-54-46-118-70-78-35-19-6-20-36-78)93(61-85(86)100(107-102)110-98)125-53-45-117-69-77-33-17-5-18-34-77;/h1-40,57-64H,41-56,65-72H2;/q-2;+2. The Labute approximate surface area is 757 Å². The van der Waals surface area contributed by atoms with Crippen molar-refractivity contribution in [3.05, 3.63) is 336 Å². The van der Waals surface area contributed by atoms with Crippen LogP contribution in [0, 0.1) is 0 Å². The summed E-state index contributed by atoms with van der Waals surface area (Å²) in [6.45, 7) is 6.15. The van der Waals surface area contributed by atoms with E-state index in [1.807, 2.05) is 291 Å². The molecule has 2 aliphatic rings. The molecule has 0 spiro atoms. The molecule has 129 heavy (non-hydrogen) atoms. The van der Waals surface area contributed by atoms with Gasteiger partial charge in [-0.05, 0) is 115 Å². The number of ether oxygens (including phenoxy) is 16. The summed E-state index contributed by atoms with van der Waals surface area (Å²) in [4.78, 5) is 43.7. The van der Waals surface area contributed by atoms with Gasteiger partial charge in [0.2, 0.25) is 0 Å². The van der Waals surface area contributed by atoms with Gasteiger partial charge in [-0.2, -0.15) is 0 Å². The molecule has 3 aromatic heterocycles. The van der Waals surface area contributed by atoms with E-state index >= 15 is 0 Å². The first-order chi connectivity index (χ1) is 63.5. The first-order valence-corrected chi connectivity index (χ1v) is 42.9. The van der Waals surface area contributed by atoms with Gasteiger partial charge in [0.25, 0.3) is 0 Å². The van der Waals surface area contributed by atoms with Crippen molar-refractivity contribution < 1.29 is 92.6 Å². The number of benzene rings is 12. The summed E-state index contributed by atoms with van der Waals surface area (Å²) in [5, 5.41) is 2.09. The molecule has 0 aliphatic carbocycles. The largest absolute Gasteiger partial charge is 2.00 e. The fourth-order valence-electron chi connectivity index (χ4n) is 14.4. The van der Waals surface area contributed by atoms with Gasteiger partial charge < -0.3 is 106 Å². The topological polar surface area (TPSA) is 253 Å². The van der Waals surface area contributed by atoms with Crippen molar-refractivity contribution in [3.63, 3.8) is 0 Å². The van der Waals surface area contributed by atoms with E-state index in [9.17, 15) is 0 Å². The zero-order valence-corrected chi connectivity index (χ0v) is 72.2. The molecule has 1 radical (unpaired) electrons. The maximum Gasteiger partial charge on any atom is 2.00 e. The Morgan fingerprint density at radius 1 is 0.171 bits per heavy atom. The van der Waals surface area contributed by atoms with Crippen molar-refractivity contribution in [1.29, 1.82) is 0 Å². The van der Waals surface area contributed by atoms with Crippen molar-refractivity contribution >= 4 is 44.1 Å². The van der Waals surface area contributed by atoms with Gasteiger partial charge in [0, 0.05) is 44.8 Å². The molecular weight excluding hydrogens is 1680 g/mol. The Hall–Kier alpha value is -13.4. The van der Waals surface area contributed by atoms with E-state index in [2.05, 4.69) is 0 Å². The van der Waals surface area contributed by atoms with Crippen LogP contribution in [0.2, 0.25) is 0 Å². The van der Waals surface area contributed by atoms with Crippen molar-refractivity contribution in [2.75, 3.05) is 106 Å². The number of aromatic nitrogens is 8. The number of rotatable bonds is 48. The molecule has 8 bridgehead atoms. The maximum atomic E-state index is 6.75. The van der Waals surface area contributed by atoms with E-state index in [1.54, 1.807) is 0 Å². The number of nitrogens with zero attached hydrogens (tertiary/aromatic N) is 8. The number of hydrogen-bond acceptors (Lipinski definition) is 22. The van der Waals surface area contributed by atoms with Crippen LogP contribution < -0.4 is 47.9 Å². The first-order valence-electron chi connectivity index (χ1n) is 42.9. The van der Waals surface area contributed by atoms with Crippen molar-refractivity contribution in [2.45, 2.75) is 52.9 Å². The predicted octanol–water partition coefficient (Wildman–Crippen LogP) is 18.9. The molecule has 0 amide bonds. The number of hydrogen-bond donors (Lipinski definition) is 0.